The molecule has 0 saturated heterocycles. The summed E-state index contributed by atoms with van der Waals surface area (Å²) in [6.45, 7) is 1.75. The van der Waals surface area contributed by atoms with Crippen molar-refractivity contribution < 1.29 is 14.3 Å². The van der Waals surface area contributed by atoms with E-state index in [0.717, 1.165) is 11.1 Å². The molecule has 3 aromatic carbocycles. The number of carbonyl (C=O) groups is 1. The van der Waals surface area contributed by atoms with E-state index < -0.39 is 12.1 Å². The number of amides is 1. The van der Waals surface area contributed by atoms with Gasteiger partial charge in [0, 0.05) is 16.5 Å². The van der Waals surface area contributed by atoms with Gasteiger partial charge in [0.25, 0.3) is 5.91 Å². The van der Waals surface area contributed by atoms with Gasteiger partial charge in [0.15, 0.2) is 0 Å². The van der Waals surface area contributed by atoms with Crippen LogP contribution in [0.25, 0.3) is 22.0 Å². The van der Waals surface area contributed by atoms with Gasteiger partial charge in [-0.25, -0.2) is 4.39 Å². The summed E-state index contributed by atoms with van der Waals surface area (Å²) >= 11 is 0. The molecule has 0 radical (unpaired) electrons. The first-order chi connectivity index (χ1) is 14.0. The third-order valence-electron chi connectivity index (χ3n) is 5.02. The molecule has 4 aromatic rings. The van der Waals surface area contributed by atoms with Crippen molar-refractivity contribution in [3.63, 3.8) is 0 Å². The van der Waals surface area contributed by atoms with Crippen molar-refractivity contribution in [1.29, 1.82) is 0 Å². The second-order valence-electron chi connectivity index (χ2n) is 7.05. The van der Waals surface area contributed by atoms with Gasteiger partial charge in [-0.2, -0.15) is 0 Å². The zero-order chi connectivity index (χ0) is 20.4. The number of rotatable bonds is 5. The quantitative estimate of drug-likeness (QED) is 0.459. The van der Waals surface area contributed by atoms with E-state index >= 15 is 0 Å². The Morgan fingerprint density at radius 1 is 1.00 bits per heavy atom. The first-order valence-electron chi connectivity index (χ1n) is 9.45. The fourth-order valence-electron chi connectivity index (χ4n) is 3.54. The Kier molecular flexibility index (Phi) is 5.14. The summed E-state index contributed by atoms with van der Waals surface area (Å²) in [6.07, 6.45) is -0.845. The van der Waals surface area contributed by atoms with Crippen molar-refractivity contribution in [3.8, 4) is 11.1 Å². The summed E-state index contributed by atoms with van der Waals surface area (Å²) in [5, 5.41) is 14.1. The molecule has 4 rings (SSSR count). The maximum Gasteiger partial charge on any atom is 0.268 e. The molecule has 0 fully saturated rings. The van der Waals surface area contributed by atoms with E-state index in [1.165, 1.54) is 12.1 Å². The van der Waals surface area contributed by atoms with Crippen molar-refractivity contribution in [1.82, 2.24) is 10.3 Å². The second kappa shape index (κ2) is 7.89. The van der Waals surface area contributed by atoms with E-state index in [9.17, 15) is 14.3 Å². The topological polar surface area (TPSA) is 65.1 Å². The number of halogens is 1. The normalized spacial score (nSPS) is 13.2. The standard InChI is InChI=1S/C24H21FN2O2/c1-15(23(28)17-10-6-3-7-11-17)26-24(29)22-21(16-8-4-2-5-9-16)19-14-18(25)12-13-20(19)27-22/h2-15,23,27-28H,1H3,(H,26,29)/t15-,23+/m0/s1. The smallest absolute Gasteiger partial charge is 0.268 e. The number of carbonyl (C=O) groups excluding carboxylic acids is 1. The fraction of sp³-hybridized carbons (Fsp3) is 0.125. The lowest BCUT2D eigenvalue weighted by Gasteiger charge is -2.20. The van der Waals surface area contributed by atoms with Crippen LogP contribution in [0, 0.1) is 5.82 Å². The molecule has 0 aliphatic heterocycles. The summed E-state index contributed by atoms with van der Waals surface area (Å²) in [4.78, 5) is 16.2. The lowest BCUT2D eigenvalue weighted by molar-refractivity contribution is 0.0849. The van der Waals surface area contributed by atoms with Crippen LogP contribution in [-0.4, -0.2) is 22.0 Å². The molecule has 1 amide bonds. The molecule has 0 unspecified atom stereocenters. The Morgan fingerprint density at radius 2 is 1.66 bits per heavy atom. The highest BCUT2D eigenvalue weighted by Gasteiger charge is 2.23. The van der Waals surface area contributed by atoms with Crippen molar-refractivity contribution in [2.75, 3.05) is 0 Å². The lowest BCUT2D eigenvalue weighted by atomic mass is 10.0. The van der Waals surface area contributed by atoms with Crippen LogP contribution < -0.4 is 5.32 Å². The molecule has 2 atom stereocenters. The first-order valence-corrected chi connectivity index (χ1v) is 9.45. The molecule has 146 valence electrons. The number of aromatic amines is 1. The SMILES string of the molecule is C[C@H](NC(=O)c1[nH]c2ccc(F)cc2c1-c1ccccc1)[C@@H](O)c1ccccc1. The van der Waals surface area contributed by atoms with Crippen LogP contribution in [0.4, 0.5) is 4.39 Å². The number of aromatic nitrogens is 1. The number of hydrogen-bond acceptors (Lipinski definition) is 2. The summed E-state index contributed by atoms with van der Waals surface area (Å²) in [6, 6.07) is 22.5. The highest BCUT2D eigenvalue weighted by molar-refractivity contribution is 6.09. The van der Waals surface area contributed by atoms with E-state index in [1.807, 2.05) is 60.7 Å². The number of fused-ring (bicyclic) bond motifs is 1. The molecule has 0 bridgehead atoms. The van der Waals surface area contributed by atoms with E-state index in [2.05, 4.69) is 10.3 Å². The molecule has 0 saturated carbocycles. The number of H-pyrrole nitrogens is 1. The third-order valence-corrected chi connectivity index (χ3v) is 5.02. The minimum absolute atomic E-state index is 0.337. The Labute approximate surface area is 168 Å². The summed E-state index contributed by atoms with van der Waals surface area (Å²) in [5.41, 5.74) is 3.18. The third kappa shape index (κ3) is 3.77. The van der Waals surface area contributed by atoms with Crippen LogP contribution >= 0.6 is 0 Å². The molecule has 4 nitrogen and oxygen atoms in total. The van der Waals surface area contributed by atoms with Gasteiger partial charge < -0.3 is 15.4 Å². The van der Waals surface area contributed by atoms with E-state index in [1.54, 1.807) is 13.0 Å². The Morgan fingerprint density at radius 3 is 2.34 bits per heavy atom. The zero-order valence-corrected chi connectivity index (χ0v) is 15.9. The molecule has 5 heteroatoms. The van der Waals surface area contributed by atoms with Gasteiger partial charge in [-0.05, 0) is 36.2 Å². The van der Waals surface area contributed by atoms with Crippen LogP contribution in [0.15, 0.2) is 78.9 Å². The second-order valence-corrected chi connectivity index (χ2v) is 7.05. The van der Waals surface area contributed by atoms with Crippen molar-refractivity contribution >= 4 is 16.8 Å². The predicted molar refractivity (Wildman–Crippen MR) is 112 cm³/mol. The first kappa shape index (κ1) is 18.9. The zero-order valence-electron chi connectivity index (χ0n) is 15.9. The summed E-state index contributed by atoms with van der Waals surface area (Å²) in [5.74, 6) is -0.726. The van der Waals surface area contributed by atoms with Gasteiger partial charge in [-0.1, -0.05) is 60.7 Å². The molecular formula is C24H21FN2O2. The van der Waals surface area contributed by atoms with Crippen LogP contribution in [-0.2, 0) is 0 Å². The maximum atomic E-state index is 13.9. The highest BCUT2D eigenvalue weighted by atomic mass is 19.1. The van der Waals surface area contributed by atoms with Gasteiger partial charge in [-0.15, -0.1) is 0 Å². The highest BCUT2D eigenvalue weighted by Crippen LogP contribution is 2.33. The molecule has 29 heavy (non-hydrogen) atoms. The van der Waals surface area contributed by atoms with Crippen molar-refractivity contribution in [2.45, 2.75) is 19.1 Å². The minimum Gasteiger partial charge on any atom is -0.386 e. The average Bonchev–Trinajstić information content (AvgIpc) is 3.13. The minimum atomic E-state index is -0.845. The molecule has 1 aromatic heterocycles. The van der Waals surface area contributed by atoms with Gasteiger partial charge in [-0.3, -0.25) is 4.79 Å². The van der Waals surface area contributed by atoms with Crippen molar-refractivity contribution in [3.05, 3.63) is 95.9 Å². The number of aliphatic hydroxyl groups is 1. The molecule has 0 aliphatic rings. The average molecular weight is 388 g/mol. The van der Waals surface area contributed by atoms with Gasteiger partial charge in [0.05, 0.1) is 12.1 Å². The summed E-state index contributed by atoms with van der Waals surface area (Å²) in [7, 11) is 0. The van der Waals surface area contributed by atoms with E-state index in [-0.39, 0.29) is 11.7 Å². The molecule has 0 spiro atoms. The monoisotopic (exact) mass is 388 g/mol. The van der Waals surface area contributed by atoms with Gasteiger partial charge in [0.1, 0.15) is 11.5 Å². The van der Waals surface area contributed by atoms with Crippen LogP contribution in [0.2, 0.25) is 0 Å². The van der Waals surface area contributed by atoms with Crippen molar-refractivity contribution in [2.24, 2.45) is 0 Å². The van der Waals surface area contributed by atoms with Crippen LogP contribution in [0.5, 0.6) is 0 Å². The largest absolute Gasteiger partial charge is 0.386 e. The van der Waals surface area contributed by atoms with Gasteiger partial charge >= 0.3 is 0 Å². The maximum absolute atomic E-state index is 13.9. The lowest BCUT2D eigenvalue weighted by Crippen LogP contribution is -2.37. The van der Waals surface area contributed by atoms with E-state index in [0.29, 0.717) is 22.2 Å². The number of benzene rings is 3. The molecule has 0 aliphatic carbocycles. The van der Waals surface area contributed by atoms with Crippen LogP contribution in [0.3, 0.4) is 0 Å². The number of nitrogens with one attached hydrogen (secondary N) is 2. The predicted octanol–water partition coefficient (Wildman–Crippen LogP) is 4.83. The number of hydrogen-bond donors (Lipinski definition) is 3. The van der Waals surface area contributed by atoms with E-state index in [4.69, 9.17) is 0 Å². The Bertz CT molecular complexity index is 1140. The van der Waals surface area contributed by atoms with Crippen LogP contribution in [0.1, 0.15) is 29.1 Å². The molecular weight excluding hydrogens is 367 g/mol. The Balaban J connectivity index is 1.71. The fourth-order valence-corrected chi connectivity index (χ4v) is 3.54. The summed E-state index contributed by atoms with van der Waals surface area (Å²) < 4.78 is 13.9. The number of aliphatic hydroxyl groups excluding tert-OH is 1. The van der Waals surface area contributed by atoms with Gasteiger partial charge in [0.2, 0.25) is 0 Å². The molecule has 1 heterocycles. The Hall–Kier alpha value is -3.44. The molecule has 3 N–H and O–H groups in total.